The van der Waals surface area contributed by atoms with Crippen molar-refractivity contribution in [1.29, 1.82) is 0 Å². The summed E-state index contributed by atoms with van der Waals surface area (Å²) in [7, 11) is 1.39. The van der Waals surface area contributed by atoms with Crippen LogP contribution in [0.2, 0.25) is 0 Å². The van der Waals surface area contributed by atoms with Gasteiger partial charge in [-0.2, -0.15) is 0 Å². The van der Waals surface area contributed by atoms with Gasteiger partial charge in [0.2, 0.25) is 0 Å². The fourth-order valence-electron chi connectivity index (χ4n) is 1.21. The van der Waals surface area contributed by atoms with E-state index >= 15 is 0 Å². The van der Waals surface area contributed by atoms with Gasteiger partial charge < -0.3 is 4.74 Å². The summed E-state index contributed by atoms with van der Waals surface area (Å²) >= 11 is 4.83. The Morgan fingerprint density at radius 1 is 1.43 bits per heavy atom. The Balaban J connectivity index is 2.56. The largest absolute Gasteiger partial charge is 0.465 e. The summed E-state index contributed by atoms with van der Waals surface area (Å²) in [5.41, 5.74) is 0. The van der Waals surface area contributed by atoms with Crippen LogP contribution in [0.5, 0.6) is 0 Å². The number of benzene rings is 1. The minimum Gasteiger partial charge on any atom is -0.465 e. The van der Waals surface area contributed by atoms with Crippen LogP contribution >= 0.6 is 27.3 Å². The Morgan fingerprint density at radius 3 is 2.93 bits per heavy atom. The SMILES string of the molecule is COC(=O)c1cc2ccc(Br)cc2s1. The second-order valence-electron chi connectivity index (χ2n) is 2.78. The fraction of sp³-hybridized carbons (Fsp3) is 0.100. The summed E-state index contributed by atoms with van der Waals surface area (Å²) in [5, 5.41) is 1.07. The van der Waals surface area contributed by atoms with Crippen molar-refractivity contribution < 1.29 is 9.53 Å². The lowest BCUT2D eigenvalue weighted by molar-refractivity contribution is 0.0606. The zero-order chi connectivity index (χ0) is 10.1. The summed E-state index contributed by atoms with van der Waals surface area (Å²) in [4.78, 5) is 11.9. The van der Waals surface area contributed by atoms with Gasteiger partial charge in [-0.1, -0.05) is 22.0 Å². The first-order chi connectivity index (χ1) is 6.70. The molecule has 0 radical (unpaired) electrons. The lowest BCUT2D eigenvalue weighted by Gasteiger charge is -1.90. The third kappa shape index (κ3) is 1.67. The first-order valence-corrected chi connectivity index (χ1v) is 5.59. The van der Waals surface area contributed by atoms with Gasteiger partial charge in [0.05, 0.1) is 7.11 Å². The van der Waals surface area contributed by atoms with Crippen molar-refractivity contribution >= 4 is 43.3 Å². The van der Waals surface area contributed by atoms with E-state index in [-0.39, 0.29) is 5.97 Å². The number of thiophene rings is 1. The van der Waals surface area contributed by atoms with Gasteiger partial charge in [0, 0.05) is 9.17 Å². The summed E-state index contributed by atoms with van der Waals surface area (Å²) in [6.45, 7) is 0. The predicted octanol–water partition coefficient (Wildman–Crippen LogP) is 3.45. The van der Waals surface area contributed by atoms with Crippen LogP contribution in [-0.2, 0) is 4.74 Å². The van der Waals surface area contributed by atoms with E-state index in [0.717, 1.165) is 14.6 Å². The Morgan fingerprint density at radius 2 is 2.21 bits per heavy atom. The number of ether oxygens (including phenoxy) is 1. The van der Waals surface area contributed by atoms with Crippen LogP contribution in [-0.4, -0.2) is 13.1 Å². The number of esters is 1. The number of hydrogen-bond acceptors (Lipinski definition) is 3. The van der Waals surface area contributed by atoms with Crippen molar-refractivity contribution in [3.8, 4) is 0 Å². The normalized spacial score (nSPS) is 10.4. The van der Waals surface area contributed by atoms with Crippen LogP contribution in [0.1, 0.15) is 9.67 Å². The van der Waals surface area contributed by atoms with Crippen molar-refractivity contribution in [3.05, 3.63) is 33.6 Å². The predicted molar refractivity (Wildman–Crippen MR) is 60.9 cm³/mol. The highest BCUT2D eigenvalue weighted by molar-refractivity contribution is 9.10. The average molecular weight is 271 g/mol. The van der Waals surface area contributed by atoms with Crippen LogP contribution in [0.25, 0.3) is 10.1 Å². The first-order valence-electron chi connectivity index (χ1n) is 3.98. The molecule has 1 aromatic heterocycles. The molecule has 0 amide bonds. The molecule has 0 bridgehead atoms. The van der Waals surface area contributed by atoms with E-state index in [4.69, 9.17) is 0 Å². The third-order valence-corrected chi connectivity index (χ3v) is 3.44. The molecule has 4 heteroatoms. The molecule has 0 unspecified atom stereocenters. The fourth-order valence-corrected chi connectivity index (χ4v) is 2.74. The second kappa shape index (κ2) is 3.71. The Labute approximate surface area is 93.6 Å². The summed E-state index contributed by atoms with van der Waals surface area (Å²) in [5.74, 6) is -0.276. The van der Waals surface area contributed by atoms with Gasteiger partial charge >= 0.3 is 5.97 Å². The quantitative estimate of drug-likeness (QED) is 0.742. The molecule has 0 aliphatic heterocycles. The molecule has 2 rings (SSSR count). The van der Waals surface area contributed by atoms with Gasteiger partial charge in [0.15, 0.2) is 0 Å². The van der Waals surface area contributed by atoms with E-state index in [1.54, 1.807) is 0 Å². The van der Waals surface area contributed by atoms with Crippen LogP contribution in [0, 0.1) is 0 Å². The van der Waals surface area contributed by atoms with E-state index in [9.17, 15) is 4.79 Å². The lowest BCUT2D eigenvalue weighted by atomic mass is 10.2. The van der Waals surface area contributed by atoms with E-state index in [1.165, 1.54) is 18.4 Å². The minimum atomic E-state index is -0.276. The van der Waals surface area contributed by atoms with Gasteiger partial charge in [0.25, 0.3) is 0 Å². The maximum Gasteiger partial charge on any atom is 0.348 e. The maximum absolute atomic E-state index is 11.2. The van der Waals surface area contributed by atoms with Crippen molar-refractivity contribution in [2.45, 2.75) is 0 Å². The topological polar surface area (TPSA) is 26.3 Å². The van der Waals surface area contributed by atoms with E-state index in [2.05, 4.69) is 20.7 Å². The van der Waals surface area contributed by atoms with E-state index < -0.39 is 0 Å². The molecule has 2 nitrogen and oxygen atoms in total. The summed E-state index contributed by atoms with van der Waals surface area (Å²) in [6, 6.07) is 7.77. The van der Waals surface area contributed by atoms with Crippen molar-refractivity contribution in [3.63, 3.8) is 0 Å². The molecule has 0 spiro atoms. The standard InChI is InChI=1S/C10H7BrO2S/c1-13-10(12)9-4-6-2-3-7(11)5-8(6)14-9/h2-5H,1H3. The smallest absolute Gasteiger partial charge is 0.348 e. The molecule has 0 aliphatic rings. The summed E-state index contributed by atoms with van der Waals surface area (Å²) < 4.78 is 6.76. The second-order valence-corrected chi connectivity index (χ2v) is 4.78. The third-order valence-electron chi connectivity index (χ3n) is 1.87. The Hall–Kier alpha value is -0.870. The maximum atomic E-state index is 11.2. The highest BCUT2D eigenvalue weighted by Crippen LogP contribution is 2.28. The highest BCUT2D eigenvalue weighted by Gasteiger charge is 2.09. The molecule has 0 atom stereocenters. The van der Waals surface area contributed by atoms with Crippen LogP contribution < -0.4 is 0 Å². The number of carbonyl (C=O) groups is 1. The molecule has 0 N–H and O–H groups in total. The Kier molecular flexibility index (Phi) is 2.56. The number of halogens is 1. The molecule has 0 saturated carbocycles. The minimum absolute atomic E-state index is 0.276. The Bertz CT molecular complexity index is 490. The van der Waals surface area contributed by atoms with Gasteiger partial charge in [-0.3, -0.25) is 0 Å². The molecular formula is C10H7BrO2S. The molecule has 2 aromatic rings. The van der Waals surface area contributed by atoms with Crippen molar-refractivity contribution in [2.24, 2.45) is 0 Å². The average Bonchev–Trinajstić information content (AvgIpc) is 2.59. The monoisotopic (exact) mass is 270 g/mol. The number of fused-ring (bicyclic) bond motifs is 1. The van der Waals surface area contributed by atoms with E-state index in [0.29, 0.717) is 4.88 Å². The van der Waals surface area contributed by atoms with Crippen molar-refractivity contribution in [1.82, 2.24) is 0 Å². The number of hydrogen-bond donors (Lipinski definition) is 0. The number of carbonyl (C=O) groups excluding carboxylic acids is 1. The van der Waals surface area contributed by atoms with Crippen LogP contribution in [0.15, 0.2) is 28.7 Å². The molecule has 0 fully saturated rings. The highest BCUT2D eigenvalue weighted by atomic mass is 79.9. The molecule has 14 heavy (non-hydrogen) atoms. The molecule has 0 aliphatic carbocycles. The van der Waals surface area contributed by atoms with E-state index in [1.807, 2.05) is 24.3 Å². The van der Waals surface area contributed by atoms with Gasteiger partial charge in [-0.05, 0) is 23.6 Å². The van der Waals surface area contributed by atoms with Crippen LogP contribution in [0.3, 0.4) is 0 Å². The molecule has 1 aromatic carbocycles. The number of methoxy groups -OCH3 is 1. The molecule has 1 heterocycles. The zero-order valence-electron chi connectivity index (χ0n) is 7.41. The van der Waals surface area contributed by atoms with Gasteiger partial charge in [-0.15, -0.1) is 11.3 Å². The van der Waals surface area contributed by atoms with Crippen molar-refractivity contribution in [2.75, 3.05) is 7.11 Å². The lowest BCUT2D eigenvalue weighted by Crippen LogP contribution is -1.96. The summed E-state index contributed by atoms with van der Waals surface area (Å²) in [6.07, 6.45) is 0. The van der Waals surface area contributed by atoms with Gasteiger partial charge in [0.1, 0.15) is 4.88 Å². The molecule has 0 saturated heterocycles. The molecule has 72 valence electrons. The zero-order valence-corrected chi connectivity index (χ0v) is 9.81. The van der Waals surface area contributed by atoms with Gasteiger partial charge in [-0.25, -0.2) is 4.79 Å². The first kappa shape index (κ1) is 9.68. The number of rotatable bonds is 1. The van der Waals surface area contributed by atoms with Crippen LogP contribution in [0.4, 0.5) is 0 Å². The molecular weight excluding hydrogens is 264 g/mol.